The van der Waals surface area contributed by atoms with Gasteiger partial charge in [0.15, 0.2) is 0 Å². The Morgan fingerprint density at radius 1 is 1.17 bits per heavy atom. The van der Waals surface area contributed by atoms with Gasteiger partial charge in [0.05, 0.1) is 15.3 Å². The number of nitrogens with zero attached hydrogens (tertiary/aromatic N) is 2. The van der Waals surface area contributed by atoms with Crippen LogP contribution in [0.4, 0.5) is 11.5 Å². The number of pyridine rings is 1. The van der Waals surface area contributed by atoms with Crippen LogP contribution in [0, 0.1) is 24.0 Å². The zero-order valence-electron chi connectivity index (χ0n) is 17.2. The fraction of sp³-hybridized carbons (Fsp3) is 0.455. The third-order valence-electron chi connectivity index (χ3n) is 6.31. The molecule has 2 aliphatic rings. The number of carbonyl (C=O) groups is 1. The molecule has 0 radical (unpaired) electrons. The van der Waals surface area contributed by atoms with E-state index in [4.69, 9.17) is 9.76 Å². The first kappa shape index (κ1) is 19.9. The number of aromatic nitrogens is 1. The summed E-state index contributed by atoms with van der Waals surface area (Å²) in [6.45, 7) is 5.80. The van der Waals surface area contributed by atoms with E-state index >= 15 is 0 Å². The number of benzene rings is 1. The Balaban J connectivity index is 1.62. The number of nitrogens with one attached hydrogen (secondary N) is 2. The Morgan fingerprint density at radius 2 is 1.86 bits per heavy atom. The molecule has 4 rings (SSSR count). The number of hydrogen-bond donors (Lipinski definition) is 2. The third-order valence-corrected chi connectivity index (χ3v) is 7.47. The first-order chi connectivity index (χ1) is 13.7. The minimum absolute atomic E-state index is 0.230. The Kier molecular flexibility index (Phi) is 4.89. The maximum Gasteiger partial charge on any atom is 0.259 e. The van der Waals surface area contributed by atoms with E-state index in [-0.39, 0.29) is 5.91 Å². The SMILES string of the molecule is Cc1cc(C(=O)Nc2cccc(S(C)(=N)=O)c2)c(N2CCC3(CC2)CC3)nc1C. The van der Waals surface area contributed by atoms with Crippen molar-refractivity contribution in [1.82, 2.24) is 4.98 Å². The van der Waals surface area contributed by atoms with E-state index in [2.05, 4.69) is 10.2 Å². The van der Waals surface area contributed by atoms with Gasteiger partial charge in [0.1, 0.15) is 5.82 Å². The molecule has 1 aromatic carbocycles. The van der Waals surface area contributed by atoms with Crippen molar-refractivity contribution in [3.05, 3.63) is 47.2 Å². The van der Waals surface area contributed by atoms with Crippen LogP contribution in [-0.4, -0.2) is 34.4 Å². The summed E-state index contributed by atoms with van der Waals surface area (Å²) in [5.41, 5.74) is 3.57. The lowest BCUT2D eigenvalue weighted by Gasteiger charge is -2.34. The van der Waals surface area contributed by atoms with Crippen molar-refractivity contribution in [2.45, 2.75) is 44.4 Å². The standard InChI is InChI=1S/C22H28N4O2S/c1-15-13-19(21(27)25-17-5-4-6-18(14-17)29(3,23)28)20(24-16(15)2)26-11-9-22(7-8-22)10-12-26/h4-6,13-14,23H,7-12H2,1-3H3,(H,25,27). The van der Waals surface area contributed by atoms with Crippen LogP contribution < -0.4 is 10.2 Å². The van der Waals surface area contributed by atoms with Gasteiger partial charge in [-0.2, -0.15) is 0 Å². The monoisotopic (exact) mass is 412 g/mol. The largest absolute Gasteiger partial charge is 0.356 e. The summed E-state index contributed by atoms with van der Waals surface area (Å²) in [5, 5.41) is 2.91. The van der Waals surface area contributed by atoms with Gasteiger partial charge in [0.25, 0.3) is 5.91 Å². The molecular formula is C22H28N4O2S. The van der Waals surface area contributed by atoms with Crippen LogP contribution >= 0.6 is 0 Å². The highest BCUT2D eigenvalue weighted by Gasteiger charge is 2.44. The Labute approximate surface area is 172 Å². The van der Waals surface area contributed by atoms with E-state index in [0.29, 0.717) is 21.6 Å². The normalized spacial score (nSPS) is 19.6. The molecule has 29 heavy (non-hydrogen) atoms. The number of carbonyl (C=O) groups excluding carboxylic acids is 1. The Morgan fingerprint density at radius 3 is 2.48 bits per heavy atom. The maximum atomic E-state index is 13.1. The molecule has 154 valence electrons. The van der Waals surface area contributed by atoms with Crippen molar-refractivity contribution in [3.8, 4) is 0 Å². The van der Waals surface area contributed by atoms with Crippen LogP contribution in [0.1, 0.15) is 47.3 Å². The first-order valence-electron chi connectivity index (χ1n) is 10.1. The molecule has 2 aromatic rings. The summed E-state index contributed by atoms with van der Waals surface area (Å²) in [5.74, 6) is 0.518. The number of amides is 1. The van der Waals surface area contributed by atoms with Crippen molar-refractivity contribution in [2.24, 2.45) is 5.41 Å². The van der Waals surface area contributed by atoms with Crippen LogP contribution in [0.3, 0.4) is 0 Å². The smallest absolute Gasteiger partial charge is 0.259 e. The molecule has 2 N–H and O–H groups in total. The number of anilines is 2. The number of rotatable bonds is 4. The predicted molar refractivity (Wildman–Crippen MR) is 116 cm³/mol. The van der Waals surface area contributed by atoms with Gasteiger partial charge < -0.3 is 10.2 Å². The Bertz CT molecular complexity index is 1060. The number of hydrogen-bond acceptors (Lipinski definition) is 5. The van der Waals surface area contributed by atoms with E-state index in [0.717, 1.165) is 30.2 Å². The summed E-state index contributed by atoms with van der Waals surface area (Å²) in [4.78, 5) is 20.6. The fourth-order valence-electron chi connectivity index (χ4n) is 3.99. The van der Waals surface area contributed by atoms with E-state index in [9.17, 15) is 9.00 Å². The molecule has 1 saturated heterocycles. The quantitative estimate of drug-likeness (QED) is 0.781. The average Bonchev–Trinajstić information content (AvgIpc) is 3.43. The maximum absolute atomic E-state index is 13.1. The molecule has 1 atom stereocenters. The molecule has 0 bridgehead atoms. The summed E-state index contributed by atoms with van der Waals surface area (Å²) in [6.07, 6.45) is 6.38. The van der Waals surface area contributed by atoms with E-state index in [1.54, 1.807) is 24.3 Å². The van der Waals surface area contributed by atoms with Gasteiger partial charge in [0.2, 0.25) is 0 Å². The summed E-state index contributed by atoms with van der Waals surface area (Å²) < 4.78 is 19.8. The summed E-state index contributed by atoms with van der Waals surface area (Å²) in [6, 6.07) is 8.63. The molecule has 1 amide bonds. The van der Waals surface area contributed by atoms with Crippen molar-refractivity contribution in [3.63, 3.8) is 0 Å². The molecule has 1 aliphatic heterocycles. The third kappa shape index (κ3) is 4.15. The zero-order chi connectivity index (χ0) is 20.8. The minimum Gasteiger partial charge on any atom is -0.356 e. The number of aryl methyl sites for hydroxylation is 2. The van der Waals surface area contributed by atoms with Gasteiger partial charge in [-0.05, 0) is 74.8 Å². The lowest BCUT2D eigenvalue weighted by Crippen LogP contribution is -2.36. The second kappa shape index (κ2) is 7.13. The first-order valence-corrected chi connectivity index (χ1v) is 12.0. The van der Waals surface area contributed by atoms with E-state index in [1.807, 2.05) is 19.9 Å². The van der Waals surface area contributed by atoms with Crippen LogP contribution in [0.5, 0.6) is 0 Å². The molecule has 7 heteroatoms. The lowest BCUT2D eigenvalue weighted by molar-refractivity contribution is 0.102. The van der Waals surface area contributed by atoms with Crippen molar-refractivity contribution < 1.29 is 9.00 Å². The number of piperidine rings is 1. The van der Waals surface area contributed by atoms with Crippen molar-refractivity contribution in [1.29, 1.82) is 4.78 Å². The van der Waals surface area contributed by atoms with Gasteiger partial charge >= 0.3 is 0 Å². The minimum atomic E-state index is -2.84. The molecule has 6 nitrogen and oxygen atoms in total. The van der Waals surface area contributed by atoms with Gasteiger partial charge in [-0.1, -0.05) is 6.07 Å². The fourth-order valence-corrected chi connectivity index (χ4v) is 4.68. The highest BCUT2D eigenvalue weighted by atomic mass is 32.2. The topological polar surface area (TPSA) is 86.2 Å². The van der Waals surface area contributed by atoms with Crippen LogP contribution in [0.2, 0.25) is 0 Å². The van der Waals surface area contributed by atoms with Crippen LogP contribution in [0.25, 0.3) is 0 Å². The van der Waals surface area contributed by atoms with Crippen LogP contribution in [-0.2, 0) is 9.73 Å². The van der Waals surface area contributed by atoms with Gasteiger partial charge in [-0.15, -0.1) is 0 Å². The molecule has 1 unspecified atom stereocenters. The van der Waals surface area contributed by atoms with Crippen LogP contribution in [0.15, 0.2) is 35.2 Å². The molecule has 1 aromatic heterocycles. The van der Waals surface area contributed by atoms with Gasteiger partial charge in [-0.25, -0.2) is 14.0 Å². The summed E-state index contributed by atoms with van der Waals surface area (Å²) >= 11 is 0. The summed E-state index contributed by atoms with van der Waals surface area (Å²) in [7, 11) is -2.84. The van der Waals surface area contributed by atoms with Crippen molar-refractivity contribution in [2.75, 3.05) is 29.6 Å². The molecule has 2 heterocycles. The van der Waals surface area contributed by atoms with Gasteiger partial charge in [-0.3, -0.25) is 4.79 Å². The highest BCUT2D eigenvalue weighted by Crippen LogP contribution is 2.54. The van der Waals surface area contributed by atoms with E-state index < -0.39 is 9.73 Å². The predicted octanol–water partition coefficient (Wildman–Crippen LogP) is 4.37. The Hall–Kier alpha value is -2.41. The highest BCUT2D eigenvalue weighted by molar-refractivity contribution is 7.91. The molecule has 1 spiro atoms. The second-order valence-electron chi connectivity index (χ2n) is 8.57. The lowest BCUT2D eigenvalue weighted by atomic mass is 9.93. The average molecular weight is 413 g/mol. The molecular weight excluding hydrogens is 384 g/mol. The van der Waals surface area contributed by atoms with E-state index in [1.165, 1.54) is 31.9 Å². The zero-order valence-corrected chi connectivity index (χ0v) is 18.1. The van der Waals surface area contributed by atoms with Crippen molar-refractivity contribution >= 4 is 27.1 Å². The molecule has 2 fully saturated rings. The molecule has 1 aliphatic carbocycles. The second-order valence-corrected chi connectivity index (χ2v) is 10.7. The molecule has 1 saturated carbocycles. The van der Waals surface area contributed by atoms with Gasteiger partial charge in [0, 0.05) is 35.6 Å².